The molecule has 10 heteroatoms. The van der Waals surface area contributed by atoms with E-state index in [2.05, 4.69) is 20.1 Å². The van der Waals surface area contributed by atoms with E-state index in [0.29, 0.717) is 5.82 Å². The summed E-state index contributed by atoms with van der Waals surface area (Å²) in [5.41, 5.74) is 0.929. The molecule has 0 aliphatic heterocycles. The van der Waals surface area contributed by atoms with E-state index in [4.69, 9.17) is 5.11 Å². The molecule has 0 unspecified atom stereocenters. The highest BCUT2D eigenvalue weighted by Crippen LogP contribution is 2.36. The summed E-state index contributed by atoms with van der Waals surface area (Å²) in [6, 6.07) is 6.11. The first-order valence-corrected chi connectivity index (χ1v) is 8.47. The third-order valence-corrected chi connectivity index (χ3v) is 4.91. The van der Waals surface area contributed by atoms with E-state index in [9.17, 15) is 18.0 Å². The Morgan fingerprint density at radius 2 is 1.85 bits per heavy atom. The predicted molar refractivity (Wildman–Crippen MR) is 89.9 cm³/mol. The van der Waals surface area contributed by atoms with Crippen LogP contribution in [0.15, 0.2) is 24.3 Å². The van der Waals surface area contributed by atoms with E-state index < -0.39 is 12.3 Å². The molecule has 0 atom stereocenters. The van der Waals surface area contributed by atoms with E-state index in [1.165, 1.54) is 12.1 Å². The fraction of sp³-hybridized carbons (Fsp3) is 0.471. The lowest BCUT2D eigenvalue weighted by atomic mass is 9.81. The molecule has 1 aliphatic rings. The Kier molecular flexibility index (Phi) is 5.24. The van der Waals surface area contributed by atoms with E-state index in [0.717, 1.165) is 31.2 Å². The molecule has 1 heterocycles. The molecule has 1 aliphatic carbocycles. The second kappa shape index (κ2) is 7.45. The number of nitrogens with zero attached hydrogens (tertiary/aromatic N) is 3. The second-order valence-electron chi connectivity index (χ2n) is 6.55. The van der Waals surface area contributed by atoms with Crippen LogP contribution < -0.4 is 9.64 Å². The minimum absolute atomic E-state index is 0.0418. The zero-order valence-electron chi connectivity index (χ0n) is 14.5. The van der Waals surface area contributed by atoms with Gasteiger partial charge in [0.05, 0.1) is 0 Å². The number of carboxylic acid groups (broad SMARTS) is 1. The monoisotopic (exact) mass is 384 g/mol. The quantitative estimate of drug-likeness (QED) is 0.819. The first kappa shape index (κ1) is 19.0. The van der Waals surface area contributed by atoms with Crippen molar-refractivity contribution >= 4 is 11.8 Å². The average molecular weight is 384 g/mol. The Morgan fingerprint density at radius 3 is 2.41 bits per heavy atom. The lowest BCUT2D eigenvalue weighted by Crippen LogP contribution is -2.36. The number of aromatic nitrogens is 3. The third kappa shape index (κ3) is 4.50. The maximum absolute atomic E-state index is 12.2. The fourth-order valence-corrected chi connectivity index (χ4v) is 3.52. The van der Waals surface area contributed by atoms with Crippen molar-refractivity contribution in [1.82, 2.24) is 15.4 Å². The SMILES string of the molecule is CN(c1nn[nH]c1C(=O)O)C1CCC(c2ccc(OC(F)(F)F)cc2)CC1. The number of nitrogens with one attached hydrogen (secondary N) is 1. The zero-order valence-corrected chi connectivity index (χ0v) is 14.5. The van der Waals surface area contributed by atoms with Gasteiger partial charge in [0.1, 0.15) is 5.75 Å². The molecule has 1 aromatic heterocycles. The summed E-state index contributed by atoms with van der Waals surface area (Å²) >= 11 is 0. The van der Waals surface area contributed by atoms with Crippen molar-refractivity contribution < 1.29 is 27.8 Å². The second-order valence-corrected chi connectivity index (χ2v) is 6.55. The molecule has 3 rings (SSSR count). The van der Waals surface area contributed by atoms with Crippen LogP contribution in [0.3, 0.4) is 0 Å². The van der Waals surface area contributed by atoms with Gasteiger partial charge in [-0.2, -0.15) is 0 Å². The van der Waals surface area contributed by atoms with Gasteiger partial charge in [0.25, 0.3) is 0 Å². The normalized spacial score (nSPS) is 20.3. The van der Waals surface area contributed by atoms with Gasteiger partial charge >= 0.3 is 12.3 Å². The van der Waals surface area contributed by atoms with Crippen LogP contribution in [-0.2, 0) is 0 Å². The summed E-state index contributed by atoms with van der Waals surface area (Å²) < 4.78 is 40.6. The summed E-state index contributed by atoms with van der Waals surface area (Å²) in [7, 11) is 1.79. The number of benzene rings is 1. The zero-order chi connectivity index (χ0) is 19.6. The minimum atomic E-state index is -4.69. The molecule has 0 amide bonds. The Labute approximate surface area is 153 Å². The third-order valence-electron chi connectivity index (χ3n) is 4.91. The number of rotatable bonds is 5. The minimum Gasteiger partial charge on any atom is -0.476 e. The summed E-state index contributed by atoms with van der Waals surface area (Å²) in [6.45, 7) is 0. The molecule has 0 bridgehead atoms. The fourth-order valence-electron chi connectivity index (χ4n) is 3.52. The van der Waals surface area contributed by atoms with Crippen molar-refractivity contribution in [2.24, 2.45) is 0 Å². The smallest absolute Gasteiger partial charge is 0.476 e. The van der Waals surface area contributed by atoms with Crippen LogP contribution >= 0.6 is 0 Å². The number of hydrogen-bond donors (Lipinski definition) is 2. The number of carboxylic acids is 1. The molecule has 0 radical (unpaired) electrons. The average Bonchev–Trinajstić information content (AvgIpc) is 3.11. The largest absolute Gasteiger partial charge is 0.573 e. The molecule has 27 heavy (non-hydrogen) atoms. The Balaban J connectivity index is 1.60. The summed E-state index contributed by atoms with van der Waals surface area (Å²) in [4.78, 5) is 13.0. The number of ether oxygens (including phenoxy) is 1. The predicted octanol–water partition coefficient (Wildman–Crippen LogP) is 3.56. The van der Waals surface area contributed by atoms with Crippen LogP contribution in [0.5, 0.6) is 5.75 Å². The summed E-state index contributed by atoms with van der Waals surface area (Å²) in [5.74, 6) is -0.797. The van der Waals surface area contributed by atoms with Gasteiger partial charge in [0.2, 0.25) is 0 Å². The van der Waals surface area contributed by atoms with Gasteiger partial charge in [-0.25, -0.2) is 9.89 Å². The number of halogens is 3. The van der Waals surface area contributed by atoms with E-state index in [1.807, 2.05) is 4.90 Å². The number of H-pyrrole nitrogens is 1. The number of aromatic carboxylic acids is 1. The van der Waals surface area contributed by atoms with Crippen LogP contribution in [0, 0.1) is 0 Å². The topological polar surface area (TPSA) is 91.3 Å². The van der Waals surface area contributed by atoms with Crippen LogP contribution in [-0.4, -0.2) is 45.9 Å². The van der Waals surface area contributed by atoms with E-state index in [-0.39, 0.29) is 23.4 Å². The van der Waals surface area contributed by atoms with Crippen molar-refractivity contribution in [3.63, 3.8) is 0 Å². The highest BCUT2D eigenvalue weighted by Gasteiger charge is 2.31. The lowest BCUT2D eigenvalue weighted by molar-refractivity contribution is -0.274. The van der Waals surface area contributed by atoms with Crippen molar-refractivity contribution in [3.8, 4) is 5.75 Å². The first-order chi connectivity index (χ1) is 12.7. The number of alkyl halides is 3. The van der Waals surface area contributed by atoms with Crippen LogP contribution in [0.25, 0.3) is 0 Å². The van der Waals surface area contributed by atoms with Gasteiger partial charge < -0.3 is 14.7 Å². The van der Waals surface area contributed by atoms with Gasteiger partial charge in [-0.1, -0.05) is 17.3 Å². The molecular formula is C17H19F3N4O3. The Morgan fingerprint density at radius 1 is 1.22 bits per heavy atom. The highest BCUT2D eigenvalue weighted by atomic mass is 19.4. The molecule has 7 nitrogen and oxygen atoms in total. The Bertz CT molecular complexity index is 783. The van der Waals surface area contributed by atoms with Gasteiger partial charge in [0, 0.05) is 13.1 Å². The number of aromatic amines is 1. The van der Waals surface area contributed by atoms with E-state index >= 15 is 0 Å². The molecule has 2 aromatic rings. The van der Waals surface area contributed by atoms with Crippen LogP contribution in [0.4, 0.5) is 19.0 Å². The standard InChI is InChI=1S/C17H19F3N4O3/c1-24(15-14(16(25)26)21-23-22-15)12-6-2-10(3-7-12)11-4-8-13(9-5-11)27-17(18,19)20/h4-5,8-10,12H,2-3,6-7H2,1H3,(H,25,26)(H,21,22,23). The molecule has 1 aromatic carbocycles. The molecule has 0 saturated heterocycles. The number of anilines is 1. The molecule has 1 saturated carbocycles. The maximum atomic E-state index is 12.2. The van der Waals surface area contributed by atoms with Crippen LogP contribution in [0.1, 0.15) is 47.7 Å². The van der Waals surface area contributed by atoms with Crippen molar-refractivity contribution in [2.75, 3.05) is 11.9 Å². The Hall–Kier alpha value is -2.78. The highest BCUT2D eigenvalue weighted by molar-refractivity contribution is 5.90. The van der Waals surface area contributed by atoms with Crippen LogP contribution in [0.2, 0.25) is 0 Å². The van der Waals surface area contributed by atoms with E-state index in [1.54, 1.807) is 19.2 Å². The lowest BCUT2D eigenvalue weighted by Gasteiger charge is -2.35. The van der Waals surface area contributed by atoms with Gasteiger partial charge in [0.15, 0.2) is 11.5 Å². The summed E-state index contributed by atoms with van der Waals surface area (Å²) in [6.07, 6.45) is -1.38. The summed E-state index contributed by atoms with van der Waals surface area (Å²) in [5, 5.41) is 19.0. The van der Waals surface area contributed by atoms with Crippen molar-refractivity contribution in [1.29, 1.82) is 0 Å². The molecular weight excluding hydrogens is 365 g/mol. The molecule has 2 N–H and O–H groups in total. The van der Waals surface area contributed by atoms with Gasteiger partial charge in [-0.05, 0) is 49.3 Å². The number of carbonyl (C=O) groups is 1. The maximum Gasteiger partial charge on any atom is 0.573 e. The molecule has 0 spiro atoms. The molecule has 1 fully saturated rings. The number of hydrogen-bond acceptors (Lipinski definition) is 5. The van der Waals surface area contributed by atoms with Crippen molar-refractivity contribution in [2.45, 2.75) is 44.0 Å². The first-order valence-electron chi connectivity index (χ1n) is 8.47. The van der Waals surface area contributed by atoms with Gasteiger partial charge in [-0.3, -0.25) is 0 Å². The van der Waals surface area contributed by atoms with Crippen molar-refractivity contribution in [3.05, 3.63) is 35.5 Å². The van der Waals surface area contributed by atoms with Gasteiger partial charge in [-0.15, -0.1) is 18.3 Å². The molecule has 146 valence electrons.